The lowest BCUT2D eigenvalue weighted by Gasteiger charge is -2.16. The Bertz CT molecular complexity index is 236. The molecule has 0 heterocycles. The van der Waals surface area contributed by atoms with Gasteiger partial charge in [0.1, 0.15) is 6.04 Å². The molecule has 0 aromatic carbocycles. The highest BCUT2D eigenvalue weighted by Gasteiger charge is 2.21. The number of unbranched alkanes of at least 4 members (excludes halogenated alkanes) is 1. The minimum absolute atomic E-state index is 0.391. The largest absolute Gasteiger partial charge is 0.464 e. The summed E-state index contributed by atoms with van der Waals surface area (Å²) < 4.78 is 9.54. The number of ether oxygens (including phenoxy) is 2. The van der Waals surface area contributed by atoms with E-state index in [9.17, 15) is 9.59 Å². The maximum absolute atomic E-state index is 11.7. The van der Waals surface area contributed by atoms with Gasteiger partial charge in [-0.15, -0.1) is 0 Å². The van der Waals surface area contributed by atoms with Crippen molar-refractivity contribution in [1.29, 1.82) is 0 Å². The number of esters is 1. The monoisotopic (exact) mass is 263 g/mol. The Morgan fingerprint density at radius 1 is 1.41 bits per heavy atom. The van der Waals surface area contributed by atoms with E-state index in [1.807, 2.05) is 13.2 Å². The third kappa shape index (κ3) is 7.90. The number of hydrogen-bond donors (Lipinski definition) is 1. The second-order valence-electron chi connectivity index (χ2n) is 3.49. The van der Waals surface area contributed by atoms with Gasteiger partial charge in [-0.25, -0.2) is 9.59 Å². The molecule has 100 valence electrons. The van der Waals surface area contributed by atoms with Crippen LogP contribution in [0.15, 0.2) is 0 Å². The van der Waals surface area contributed by atoms with Crippen LogP contribution < -0.4 is 5.32 Å². The summed E-state index contributed by atoms with van der Waals surface area (Å²) in [6.45, 7) is 2.42. The van der Waals surface area contributed by atoms with Crippen molar-refractivity contribution in [2.24, 2.45) is 0 Å². The normalized spacial score (nSPS) is 11.7. The summed E-state index contributed by atoms with van der Waals surface area (Å²) >= 11 is 1.61. The zero-order valence-corrected chi connectivity index (χ0v) is 11.5. The van der Waals surface area contributed by atoms with Gasteiger partial charge in [-0.2, -0.15) is 11.8 Å². The van der Waals surface area contributed by atoms with Crippen LogP contribution in [0.2, 0.25) is 0 Å². The molecule has 0 aromatic heterocycles. The summed E-state index contributed by atoms with van der Waals surface area (Å²) in [5, 5.41) is 2.48. The van der Waals surface area contributed by atoms with E-state index < -0.39 is 18.1 Å². The van der Waals surface area contributed by atoms with E-state index in [-0.39, 0.29) is 0 Å². The molecule has 6 heteroatoms. The zero-order valence-electron chi connectivity index (χ0n) is 10.7. The van der Waals surface area contributed by atoms with Gasteiger partial charge >= 0.3 is 12.1 Å². The molecule has 1 amide bonds. The zero-order chi connectivity index (χ0) is 13.1. The lowest BCUT2D eigenvalue weighted by atomic mass is 10.2. The molecule has 5 nitrogen and oxygen atoms in total. The second kappa shape index (κ2) is 10.3. The molecule has 0 aromatic rings. The quantitative estimate of drug-likeness (QED) is 0.534. The van der Waals surface area contributed by atoms with Crippen LogP contribution in [0.5, 0.6) is 0 Å². The first-order chi connectivity index (χ1) is 8.15. The Balaban J connectivity index is 4.14. The van der Waals surface area contributed by atoms with Gasteiger partial charge in [0.2, 0.25) is 0 Å². The highest BCUT2D eigenvalue weighted by Crippen LogP contribution is 2.04. The highest BCUT2D eigenvalue weighted by molar-refractivity contribution is 7.98. The van der Waals surface area contributed by atoms with Gasteiger partial charge in [-0.05, 0) is 24.9 Å². The van der Waals surface area contributed by atoms with Crippen LogP contribution in [-0.2, 0) is 14.3 Å². The van der Waals surface area contributed by atoms with E-state index in [4.69, 9.17) is 4.74 Å². The molecule has 1 atom stereocenters. The molecule has 0 rings (SSSR count). The van der Waals surface area contributed by atoms with Crippen molar-refractivity contribution in [3.05, 3.63) is 0 Å². The minimum Gasteiger partial charge on any atom is -0.464 e. The molecule has 1 N–H and O–H groups in total. The summed E-state index contributed by atoms with van der Waals surface area (Å²) in [4.78, 5) is 22.7. The van der Waals surface area contributed by atoms with Gasteiger partial charge in [0, 0.05) is 0 Å². The van der Waals surface area contributed by atoms with Crippen LogP contribution in [-0.4, -0.2) is 43.8 Å². The fraction of sp³-hybridized carbons (Fsp3) is 0.818. The number of alkyl carbamates (subject to hydrolysis) is 1. The number of rotatable bonds is 8. The standard InChI is InChI=1S/C11H21NO4S/c1-4-5-7-16-10(13)9(6-8-17-3)12-11(14)15-2/h9H,4-8H2,1-3H3,(H,12,14)/t9-/m1/s1. The number of amides is 1. The van der Waals surface area contributed by atoms with E-state index in [0.29, 0.717) is 13.0 Å². The molecular weight excluding hydrogens is 242 g/mol. The van der Waals surface area contributed by atoms with Crippen molar-refractivity contribution in [2.45, 2.75) is 32.2 Å². The number of nitrogens with one attached hydrogen (secondary N) is 1. The molecule has 0 spiro atoms. The second-order valence-corrected chi connectivity index (χ2v) is 4.48. The van der Waals surface area contributed by atoms with Crippen LogP contribution >= 0.6 is 11.8 Å². The SMILES string of the molecule is CCCCOC(=O)[C@@H](CCSC)NC(=O)OC. The van der Waals surface area contributed by atoms with Crippen LogP contribution in [0, 0.1) is 0 Å². The molecule has 0 aliphatic rings. The van der Waals surface area contributed by atoms with E-state index in [0.717, 1.165) is 18.6 Å². The summed E-state index contributed by atoms with van der Waals surface area (Å²) in [5.41, 5.74) is 0. The summed E-state index contributed by atoms with van der Waals surface area (Å²) in [5.74, 6) is 0.385. The van der Waals surface area contributed by atoms with Crippen molar-refractivity contribution >= 4 is 23.8 Å². The molecular formula is C11H21NO4S. The summed E-state index contributed by atoms with van der Waals surface area (Å²) in [6, 6.07) is -0.619. The lowest BCUT2D eigenvalue weighted by molar-refractivity contribution is -0.146. The van der Waals surface area contributed by atoms with E-state index in [2.05, 4.69) is 10.1 Å². The fourth-order valence-corrected chi connectivity index (χ4v) is 1.57. The first-order valence-corrected chi connectivity index (χ1v) is 7.05. The van der Waals surface area contributed by atoms with Gasteiger partial charge in [0.25, 0.3) is 0 Å². The molecule has 0 bridgehead atoms. The first kappa shape index (κ1) is 16.1. The minimum atomic E-state index is -0.619. The molecule has 0 unspecified atom stereocenters. The number of hydrogen-bond acceptors (Lipinski definition) is 5. The fourth-order valence-electron chi connectivity index (χ4n) is 1.10. The van der Waals surface area contributed by atoms with Crippen molar-refractivity contribution in [2.75, 3.05) is 25.7 Å². The van der Waals surface area contributed by atoms with Crippen LogP contribution in [0.25, 0.3) is 0 Å². The Morgan fingerprint density at radius 3 is 2.65 bits per heavy atom. The number of carbonyl (C=O) groups excluding carboxylic acids is 2. The Labute approximate surface area is 107 Å². The van der Waals surface area contributed by atoms with Gasteiger partial charge in [-0.1, -0.05) is 13.3 Å². The van der Waals surface area contributed by atoms with Gasteiger partial charge < -0.3 is 14.8 Å². The lowest BCUT2D eigenvalue weighted by Crippen LogP contribution is -2.42. The van der Waals surface area contributed by atoms with Crippen molar-refractivity contribution < 1.29 is 19.1 Å². The van der Waals surface area contributed by atoms with Crippen molar-refractivity contribution in [3.8, 4) is 0 Å². The summed E-state index contributed by atoms with van der Waals surface area (Å²) in [7, 11) is 1.27. The molecule has 0 aliphatic carbocycles. The van der Waals surface area contributed by atoms with Gasteiger partial charge in [0.05, 0.1) is 13.7 Å². The average molecular weight is 263 g/mol. The van der Waals surface area contributed by atoms with E-state index in [1.165, 1.54) is 7.11 Å². The molecule has 0 saturated heterocycles. The van der Waals surface area contributed by atoms with E-state index >= 15 is 0 Å². The number of carbonyl (C=O) groups is 2. The smallest absolute Gasteiger partial charge is 0.407 e. The molecule has 0 radical (unpaired) electrons. The predicted octanol–water partition coefficient (Wildman–Crippen LogP) is 1.81. The molecule has 17 heavy (non-hydrogen) atoms. The third-order valence-corrected chi connectivity index (χ3v) is 2.76. The van der Waals surface area contributed by atoms with Gasteiger partial charge in [0.15, 0.2) is 0 Å². The predicted molar refractivity (Wildman–Crippen MR) is 68.2 cm³/mol. The maximum Gasteiger partial charge on any atom is 0.407 e. The van der Waals surface area contributed by atoms with E-state index in [1.54, 1.807) is 11.8 Å². The summed E-state index contributed by atoms with van der Waals surface area (Å²) in [6.07, 6.45) is 3.68. The number of thioether (sulfide) groups is 1. The van der Waals surface area contributed by atoms with Gasteiger partial charge in [-0.3, -0.25) is 0 Å². The Kier molecular flexibility index (Phi) is 9.71. The molecule has 0 fully saturated rings. The van der Waals surface area contributed by atoms with Crippen molar-refractivity contribution in [3.63, 3.8) is 0 Å². The Hall–Kier alpha value is -0.910. The number of methoxy groups -OCH3 is 1. The molecule has 0 saturated carbocycles. The van der Waals surface area contributed by atoms with Crippen LogP contribution in [0.1, 0.15) is 26.2 Å². The van der Waals surface area contributed by atoms with Crippen LogP contribution in [0.4, 0.5) is 4.79 Å². The topological polar surface area (TPSA) is 64.6 Å². The Morgan fingerprint density at radius 2 is 2.12 bits per heavy atom. The van der Waals surface area contributed by atoms with Crippen molar-refractivity contribution in [1.82, 2.24) is 5.32 Å². The average Bonchev–Trinajstić information content (AvgIpc) is 2.34. The third-order valence-electron chi connectivity index (χ3n) is 2.11. The highest BCUT2D eigenvalue weighted by atomic mass is 32.2. The maximum atomic E-state index is 11.7. The molecule has 0 aliphatic heterocycles. The van der Waals surface area contributed by atoms with Crippen LogP contribution in [0.3, 0.4) is 0 Å². The first-order valence-electron chi connectivity index (χ1n) is 5.65.